The third-order valence-corrected chi connectivity index (χ3v) is 3.23. The van der Waals surface area contributed by atoms with Crippen LogP contribution in [0.3, 0.4) is 0 Å². The zero-order chi connectivity index (χ0) is 13.0. The molecular formula is C14H20N2O2. The average molecular weight is 248 g/mol. The number of nitrogens with one attached hydrogen (secondary N) is 1. The molecule has 0 radical (unpaired) electrons. The fraction of sp³-hybridized carbons (Fsp3) is 0.500. The molecule has 0 aliphatic carbocycles. The summed E-state index contributed by atoms with van der Waals surface area (Å²) in [5.74, 6) is -0.301. The van der Waals surface area contributed by atoms with Crippen molar-refractivity contribution < 1.29 is 9.53 Å². The van der Waals surface area contributed by atoms with Crippen molar-refractivity contribution >= 4 is 11.6 Å². The number of carbonyl (C=O) groups excluding carboxylic acids is 1. The van der Waals surface area contributed by atoms with E-state index in [1.165, 1.54) is 0 Å². The van der Waals surface area contributed by atoms with Crippen molar-refractivity contribution in [1.82, 2.24) is 0 Å². The van der Waals surface area contributed by atoms with Gasteiger partial charge in [-0.25, -0.2) is 0 Å². The first-order valence-corrected chi connectivity index (χ1v) is 6.39. The quantitative estimate of drug-likeness (QED) is 0.852. The van der Waals surface area contributed by atoms with Crippen LogP contribution in [-0.4, -0.2) is 24.7 Å². The molecule has 3 N–H and O–H groups in total. The van der Waals surface area contributed by atoms with Crippen LogP contribution in [0.1, 0.15) is 25.3 Å². The van der Waals surface area contributed by atoms with Gasteiger partial charge in [0.1, 0.15) is 0 Å². The number of para-hydroxylation sites is 1. The zero-order valence-electron chi connectivity index (χ0n) is 10.7. The maximum atomic E-state index is 11.0. The Balaban J connectivity index is 2.05. The van der Waals surface area contributed by atoms with Gasteiger partial charge >= 0.3 is 0 Å². The topological polar surface area (TPSA) is 64.3 Å². The SMILES string of the molecule is CC1CC(Nc2ccccc2CC(N)=O)CCO1. The molecular weight excluding hydrogens is 228 g/mol. The Morgan fingerprint density at radius 2 is 2.28 bits per heavy atom. The Hall–Kier alpha value is -1.55. The molecule has 1 aromatic rings. The minimum Gasteiger partial charge on any atom is -0.382 e. The molecule has 98 valence electrons. The van der Waals surface area contributed by atoms with E-state index in [0.717, 1.165) is 30.7 Å². The van der Waals surface area contributed by atoms with Crippen LogP contribution in [0, 0.1) is 0 Å². The summed E-state index contributed by atoms with van der Waals surface area (Å²) >= 11 is 0. The largest absolute Gasteiger partial charge is 0.382 e. The summed E-state index contributed by atoms with van der Waals surface area (Å²) in [5, 5.41) is 3.50. The highest BCUT2D eigenvalue weighted by Crippen LogP contribution is 2.21. The lowest BCUT2D eigenvalue weighted by Crippen LogP contribution is -2.32. The molecule has 2 rings (SSSR count). The zero-order valence-corrected chi connectivity index (χ0v) is 10.7. The molecule has 4 heteroatoms. The standard InChI is InChI=1S/C14H20N2O2/c1-10-8-12(6-7-18-10)16-13-5-3-2-4-11(13)9-14(15)17/h2-5,10,12,16H,6-9H2,1H3,(H2,15,17). The lowest BCUT2D eigenvalue weighted by Gasteiger charge is -2.29. The number of benzene rings is 1. The summed E-state index contributed by atoms with van der Waals surface area (Å²) in [4.78, 5) is 11.0. The maximum absolute atomic E-state index is 11.0. The number of hydrogen-bond donors (Lipinski definition) is 2. The monoisotopic (exact) mass is 248 g/mol. The summed E-state index contributed by atoms with van der Waals surface area (Å²) in [6.07, 6.45) is 2.56. The Morgan fingerprint density at radius 3 is 3.00 bits per heavy atom. The summed E-state index contributed by atoms with van der Waals surface area (Å²) in [6, 6.07) is 8.24. The Labute approximate surface area is 108 Å². The highest BCUT2D eigenvalue weighted by Gasteiger charge is 2.19. The van der Waals surface area contributed by atoms with Gasteiger partial charge in [-0.15, -0.1) is 0 Å². The maximum Gasteiger partial charge on any atom is 0.221 e. The van der Waals surface area contributed by atoms with Crippen molar-refractivity contribution in [1.29, 1.82) is 0 Å². The first kappa shape index (κ1) is 12.9. The van der Waals surface area contributed by atoms with Gasteiger partial charge in [0.25, 0.3) is 0 Å². The van der Waals surface area contributed by atoms with Crippen molar-refractivity contribution in [3.8, 4) is 0 Å². The van der Waals surface area contributed by atoms with E-state index in [9.17, 15) is 4.79 Å². The second-order valence-electron chi connectivity index (χ2n) is 4.85. The van der Waals surface area contributed by atoms with Gasteiger partial charge in [0.05, 0.1) is 12.5 Å². The van der Waals surface area contributed by atoms with Crippen LogP contribution in [0.15, 0.2) is 24.3 Å². The number of amides is 1. The third-order valence-electron chi connectivity index (χ3n) is 3.23. The number of rotatable bonds is 4. The van der Waals surface area contributed by atoms with E-state index in [2.05, 4.69) is 12.2 Å². The Bertz CT molecular complexity index is 420. The van der Waals surface area contributed by atoms with E-state index in [-0.39, 0.29) is 12.3 Å². The van der Waals surface area contributed by atoms with Crippen molar-refractivity contribution in [2.45, 2.75) is 38.3 Å². The van der Waals surface area contributed by atoms with Gasteiger partial charge in [-0.05, 0) is 31.4 Å². The average Bonchev–Trinajstić information content (AvgIpc) is 2.31. The molecule has 1 heterocycles. The molecule has 2 atom stereocenters. The fourth-order valence-electron chi connectivity index (χ4n) is 2.35. The predicted molar refractivity (Wildman–Crippen MR) is 71.4 cm³/mol. The van der Waals surface area contributed by atoms with E-state index in [1.807, 2.05) is 24.3 Å². The number of anilines is 1. The molecule has 18 heavy (non-hydrogen) atoms. The minimum absolute atomic E-state index is 0.280. The van der Waals surface area contributed by atoms with Gasteiger partial charge in [0.15, 0.2) is 0 Å². The molecule has 1 saturated heterocycles. The van der Waals surface area contributed by atoms with Crippen LogP contribution in [0.25, 0.3) is 0 Å². The Morgan fingerprint density at radius 1 is 1.50 bits per heavy atom. The summed E-state index contributed by atoms with van der Waals surface area (Å²) in [7, 11) is 0. The first-order valence-electron chi connectivity index (χ1n) is 6.39. The van der Waals surface area contributed by atoms with Crippen LogP contribution in [0.5, 0.6) is 0 Å². The molecule has 1 aliphatic heterocycles. The molecule has 1 aliphatic rings. The lowest BCUT2D eigenvalue weighted by atomic mass is 10.0. The molecule has 4 nitrogen and oxygen atoms in total. The van der Waals surface area contributed by atoms with Crippen LogP contribution in [-0.2, 0) is 16.0 Å². The second kappa shape index (κ2) is 5.87. The van der Waals surface area contributed by atoms with Gasteiger partial charge in [0.2, 0.25) is 5.91 Å². The normalized spacial score (nSPS) is 23.6. The van der Waals surface area contributed by atoms with E-state index in [0.29, 0.717) is 12.1 Å². The van der Waals surface area contributed by atoms with E-state index in [1.54, 1.807) is 0 Å². The molecule has 2 unspecified atom stereocenters. The molecule has 0 bridgehead atoms. The van der Waals surface area contributed by atoms with E-state index in [4.69, 9.17) is 10.5 Å². The van der Waals surface area contributed by atoms with Crippen molar-refractivity contribution in [3.63, 3.8) is 0 Å². The third kappa shape index (κ3) is 3.47. The summed E-state index contributed by atoms with van der Waals surface area (Å²) in [5.41, 5.74) is 7.23. The van der Waals surface area contributed by atoms with Crippen molar-refractivity contribution in [2.24, 2.45) is 5.73 Å². The van der Waals surface area contributed by atoms with Gasteiger partial charge in [-0.3, -0.25) is 4.79 Å². The van der Waals surface area contributed by atoms with Gasteiger partial charge < -0.3 is 15.8 Å². The van der Waals surface area contributed by atoms with Crippen LogP contribution < -0.4 is 11.1 Å². The van der Waals surface area contributed by atoms with Gasteiger partial charge in [0, 0.05) is 18.3 Å². The molecule has 0 aromatic heterocycles. The second-order valence-corrected chi connectivity index (χ2v) is 4.85. The highest BCUT2D eigenvalue weighted by molar-refractivity contribution is 5.78. The number of carbonyl (C=O) groups is 1. The fourth-order valence-corrected chi connectivity index (χ4v) is 2.35. The predicted octanol–water partition coefficient (Wildman–Crippen LogP) is 1.69. The molecule has 1 amide bonds. The molecule has 1 fully saturated rings. The van der Waals surface area contributed by atoms with Crippen LogP contribution >= 0.6 is 0 Å². The Kier molecular flexibility index (Phi) is 4.20. The van der Waals surface area contributed by atoms with E-state index < -0.39 is 0 Å². The minimum atomic E-state index is -0.301. The summed E-state index contributed by atoms with van der Waals surface area (Å²) < 4.78 is 5.53. The molecule has 0 saturated carbocycles. The molecule has 0 spiro atoms. The number of primary amides is 1. The first-order chi connectivity index (χ1) is 8.65. The van der Waals surface area contributed by atoms with Crippen molar-refractivity contribution in [3.05, 3.63) is 29.8 Å². The summed E-state index contributed by atoms with van der Waals surface area (Å²) in [6.45, 7) is 2.87. The smallest absolute Gasteiger partial charge is 0.221 e. The highest BCUT2D eigenvalue weighted by atomic mass is 16.5. The number of nitrogens with two attached hydrogens (primary N) is 1. The van der Waals surface area contributed by atoms with Crippen LogP contribution in [0.4, 0.5) is 5.69 Å². The number of hydrogen-bond acceptors (Lipinski definition) is 3. The lowest BCUT2D eigenvalue weighted by molar-refractivity contribution is -0.117. The molecule has 1 aromatic carbocycles. The van der Waals surface area contributed by atoms with Crippen molar-refractivity contribution in [2.75, 3.05) is 11.9 Å². The van der Waals surface area contributed by atoms with Gasteiger partial charge in [-0.2, -0.15) is 0 Å². The van der Waals surface area contributed by atoms with Crippen LogP contribution in [0.2, 0.25) is 0 Å². The number of ether oxygens (including phenoxy) is 1. The van der Waals surface area contributed by atoms with Gasteiger partial charge in [-0.1, -0.05) is 18.2 Å². The van der Waals surface area contributed by atoms with E-state index >= 15 is 0 Å².